The molecule has 3 atom stereocenters. The number of carbonyl (C=O) groups is 2. The molecule has 1 amide bonds. The molecule has 3 nitrogen and oxygen atoms in total. The van der Waals surface area contributed by atoms with Crippen molar-refractivity contribution in [2.24, 2.45) is 16.2 Å². The summed E-state index contributed by atoms with van der Waals surface area (Å²) in [5, 5.41) is 2.73. The first kappa shape index (κ1) is 12.1. The lowest BCUT2D eigenvalue weighted by atomic mass is 9.64. The first-order valence-corrected chi connectivity index (χ1v) is 6.58. The van der Waals surface area contributed by atoms with Crippen LogP contribution in [-0.4, -0.2) is 23.6 Å². The lowest BCUT2D eigenvalue weighted by Gasteiger charge is -2.39. The predicted molar refractivity (Wildman–Crippen MR) is 65.3 cm³/mol. The van der Waals surface area contributed by atoms with E-state index in [4.69, 9.17) is 0 Å². The molecule has 0 aliphatic heterocycles. The van der Waals surface area contributed by atoms with Crippen LogP contribution in [0.3, 0.4) is 0 Å². The van der Waals surface area contributed by atoms with Crippen molar-refractivity contribution < 1.29 is 9.59 Å². The molecule has 2 fully saturated rings. The Morgan fingerprint density at radius 3 is 2.31 bits per heavy atom. The van der Waals surface area contributed by atoms with Crippen molar-refractivity contribution in [3.63, 3.8) is 0 Å². The van der Waals surface area contributed by atoms with Crippen LogP contribution >= 0.6 is 15.9 Å². The van der Waals surface area contributed by atoms with Crippen LogP contribution in [0.5, 0.6) is 0 Å². The van der Waals surface area contributed by atoms with E-state index < -0.39 is 5.41 Å². The minimum absolute atomic E-state index is 0.00560. The third-order valence-electron chi connectivity index (χ3n) is 5.35. The number of carbonyl (C=O) groups excluding carboxylic acids is 2. The summed E-state index contributed by atoms with van der Waals surface area (Å²) in [6, 6.07) is 0. The van der Waals surface area contributed by atoms with Crippen LogP contribution in [0.15, 0.2) is 0 Å². The van der Waals surface area contributed by atoms with Crippen LogP contribution in [0, 0.1) is 16.2 Å². The number of halogens is 1. The molecule has 4 heteroatoms. The molecular formula is C12H18BrNO2. The van der Waals surface area contributed by atoms with Gasteiger partial charge in [-0.3, -0.25) is 9.59 Å². The SMILES string of the molecule is CNC(=O)[C@]12CC[C@@](C)(C(=O)[C@H]1Br)C2(C)C. The lowest BCUT2D eigenvalue weighted by molar-refractivity contribution is -0.135. The maximum Gasteiger partial charge on any atom is 0.228 e. The van der Waals surface area contributed by atoms with Crippen LogP contribution in [0.2, 0.25) is 0 Å². The largest absolute Gasteiger partial charge is 0.359 e. The fourth-order valence-corrected chi connectivity index (χ4v) is 5.19. The lowest BCUT2D eigenvalue weighted by Crippen LogP contribution is -2.49. The van der Waals surface area contributed by atoms with Gasteiger partial charge < -0.3 is 5.32 Å². The molecule has 0 aromatic rings. The van der Waals surface area contributed by atoms with Crippen molar-refractivity contribution in [1.82, 2.24) is 5.32 Å². The summed E-state index contributed by atoms with van der Waals surface area (Å²) in [6.07, 6.45) is 1.60. The zero-order valence-electron chi connectivity index (χ0n) is 10.2. The van der Waals surface area contributed by atoms with Crippen molar-refractivity contribution in [3.05, 3.63) is 0 Å². The average molecular weight is 288 g/mol. The molecule has 0 aromatic carbocycles. The van der Waals surface area contributed by atoms with E-state index >= 15 is 0 Å². The third kappa shape index (κ3) is 0.918. The summed E-state index contributed by atoms with van der Waals surface area (Å²) in [5.41, 5.74) is -1.23. The van der Waals surface area contributed by atoms with Gasteiger partial charge in [0.05, 0.1) is 10.2 Å². The maximum atomic E-state index is 12.3. The van der Waals surface area contributed by atoms with Crippen molar-refractivity contribution >= 4 is 27.6 Å². The number of Topliss-reactive ketones (excluding diaryl/α,β-unsaturated/α-hetero) is 1. The summed E-state index contributed by atoms with van der Waals surface area (Å²) in [4.78, 5) is 24.2. The van der Waals surface area contributed by atoms with Gasteiger partial charge in [0.15, 0.2) is 5.78 Å². The smallest absolute Gasteiger partial charge is 0.228 e. The number of fused-ring (bicyclic) bond motifs is 2. The van der Waals surface area contributed by atoms with Crippen LogP contribution in [-0.2, 0) is 9.59 Å². The molecule has 16 heavy (non-hydrogen) atoms. The molecule has 1 N–H and O–H groups in total. The molecular weight excluding hydrogens is 270 g/mol. The highest BCUT2D eigenvalue weighted by molar-refractivity contribution is 9.10. The van der Waals surface area contributed by atoms with Crippen LogP contribution < -0.4 is 5.32 Å². The van der Waals surface area contributed by atoms with E-state index in [1.165, 1.54) is 0 Å². The summed E-state index contributed by atoms with van der Waals surface area (Å²) in [6.45, 7) is 6.10. The molecule has 2 aliphatic rings. The van der Waals surface area contributed by atoms with Crippen molar-refractivity contribution in [1.29, 1.82) is 0 Å². The number of amides is 1. The summed E-state index contributed by atoms with van der Waals surface area (Å²) in [5.74, 6) is 0.182. The first-order chi connectivity index (χ1) is 7.25. The number of hydrogen-bond donors (Lipinski definition) is 1. The number of rotatable bonds is 1. The Hall–Kier alpha value is -0.380. The molecule has 0 spiro atoms. The first-order valence-electron chi connectivity index (χ1n) is 5.66. The van der Waals surface area contributed by atoms with Crippen molar-refractivity contribution in [2.75, 3.05) is 7.05 Å². The zero-order chi connectivity index (χ0) is 12.4. The standard InChI is InChI=1S/C12H18BrNO2/c1-10(2)11(3)5-6-12(10,9(16)14-4)7(13)8(11)15/h7H,5-6H2,1-4H3,(H,14,16)/t7-,11+,12+/m1/s1. The molecule has 0 heterocycles. The molecule has 2 bridgehead atoms. The van der Waals surface area contributed by atoms with Gasteiger partial charge in [-0.1, -0.05) is 36.7 Å². The summed E-state index contributed by atoms with van der Waals surface area (Å²) in [7, 11) is 1.64. The Bertz CT molecular complexity index is 379. The minimum Gasteiger partial charge on any atom is -0.359 e. The van der Waals surface area contributed by atoms with Gasteiger partial charge in [-0.2, -0.15) is 0 Å². The van der Waals surface area contributed by atoms with Gasteiger partial charge >= 0.3 is 0 Å². The van der Waals surface area contributed by atoms with E-state index in [2.05, 4.69) is 35.1 Å². The van der Waals surface area contributed by atoms with Gasteiger partial charge in [-0.25, -0.2) is 0 Å². The Balaban J connectivity index is 2.63. The Morgan fingerprint density at radius 2 is 1.94 bits per heavy atom. The molecule has 0 aromatic heterocycles. The number of nitrogens with one attached hydrogen (secondary N) is 1. The van der Waals surface area contributed by atoms with Crippen molar-refractivity contribution in [3.8, 4) is 0 Å². The quantitative estimate of drug-likeness (QED) is 0.749. The molecule has 90 valence electrons. The second kappa shape index (κ2) is 3.09. The fourth-order valence-electron chi connectivity index (χ4n) is 3.68. The van der Waals surface area contributed by atoms with E-state index in [-0.39, 0.29) is 27.3 Å². The van der Waals surface area contributed by atoms with Gasteiger partial charge in [0, 0.05) is 12.5 Å². The highest BCUT2D eigenvalue weighted by Gasteiger charge is 2.76. The zero-order valence-corrected chi connectivity index (χ0v) is 11.8. The number of alkyl halides is 1. The monoisotopic (exact) mass is 287 g/mol. The van der Waals surface area contributed by atoms with Crippen LogP contribution in [0.4, 0.5) is 0 Å². The Kier molecular flexibility index (Phi) is 2.34. The van der Waals surface area contributed by atoms with Gasteiger partial charge in [-0.15, -0.1) is 0 Å². The summed E-state index contributed by atoms with van der Waals surface area (Å²) >= 11 is 3.46. The second-order valence-corrected chi connectivity index (χ2v) is 6.65. The van der Waals surface area contributed by atoms with E-state index in [0.29, 0.717) is 0 Å². The van der Waals surface area contributed by atoms with Gasteiger partial charge in [-0.05, 0) is 18.3 Å². The fraction of sp³-hybridized carbons (Fsp3) is 0.833. The third-order valence-corrected chi connectivity index (χ3v) is 6.55. The molecule has 2 saturated carbocycles. The second-order valence-electron chi connectivity index (χ2n) is 5.73. The predicted octanol–water partition coefficient (Wildman–Crippen LogP) is 1.89. The van der Waals surface area contributed by atoms with Gasteiger partial charge in [0.25, 0.3) is 0 Å². The Labute approximate surface area is 104 Å². The molecule has 2 aliphatic carbocycles. The van der Waals surface area contributed by atoms with Crippen molar-refractivity contribution in [2.45, 2.75) is 38.4 Å². The molecule has 0 saturated heterocycles. The number of ketones is 1. The van der Waals surface area contributed by atoms with E-state index in [1.54, 1.807) is 7.05 Å². The number of hydrogen-bond acceptors (Lipinski definition) is 2. The van der Waals surface area contributed by atoms with Crippen LogP contribution in [0.1, 0.15) is 33.6 Å². The highest BCUT2D eigenvalue weighted by Crippen LogP contribution is 2.72. The highest BCUT2D eigenvalue weighted by atomic mass is 79.9. The van der Waals surface area contributed by atoms with E-state index in [1.807, 2.05) is 6.92 Å². The normalized spacial score (nSPS) is 44.8. The topological polar surface area (TPSA) is 46.2 Å². The molecule has 2 rings (SSSR count). The van der Waals surface area contributed by atoms with Crippen LogP contribution in [0.25, 0.3) is 0 Å². The van der Waals surface area contributed by atoms with Gasteiger partial charge in [0.1, 0.15) is 0 Å². The average Bonchev–Trinajstić information content (AvgIpc) is 2.51. The molecule has 0 unspecified atom stereocenters. The van der Waals surface area contributed by atoms with Gasteiger partial charge in [0.2, 0.25) is 5.91 Å². The van der Waals surface area contributed by atoms with E-state index in [9.17, 15) is 9.59 Å². The maximum absolute atomic E-state index is 12.3. The minimum atomic E-state index is -0.576. The molecule has 0 radical (unpaired) electrons. The Morgan fingerprint density at radius 1 is 1.38 bits per heavy atom. The van der Waals surface area contributed by atoms with E-state index in [0.717, 1.165) is 12.8 Å². The summed E-state index contributed by atoms with van der Waals surface area (Å²) < 4.78 is 0.